The lowest BCUT2D eigenvalue weighted by Gasteiger charge is -2.24. The van der Waals surface area contributed by atoms with Crippen LogP contribution in [0.3, 0.4) is 0 Å². The van der Waals surface area contributed by atoms with Gasteiger partial charge in [0.05, 0.1) is 48.4 Å². The van der Waals surface area contributed by atoms with Crippen LogP contribution in [0.5, 0.6) is 0 Å². The number of tetrazole rings is 2. The molecule has 0 aliphatic heterocycles. The van der Waals surface area contributed by atoms with Crippen molar-refractivity contribution >= 4 is 33.8 Å². The molecule has 9 N–H and O–H groups in total. The summed E-state index contributed by atoms with van der Waals surface area (Å²) in [5.41, 5.74) is 9.47. The number of aliphatic hydroxyl groups excluding tert-OH is 6. The number of Topliss-reactive ketones (excluding diaryl/α,β-unsaturated/α-hetero) is 1. The average Bonchev–Trinajstić information content (AvgIpc) is 3.98. The van der Waals surface area contributed by atoms with Crippen LogP contribution in [0.2, 0.25) is 0 Å². The first-order valence-corrected chi connectivity index (χ1v) is 23.8. The van der Waals surface area contributed by atoms with E-state index in [4.69, 9.17) is 20.3 Å². The summed E-state index contributed by atoms with van der Waals surface area (Å²) in [6, 6.07) is 7.11. The Bertz CT molecular complexity index is 2960. The Morgan fingerprint density at radius 2 is 1.03 bits per heavy atom. The van der Waals surface area contributed by atoms with Gasteiger partial charge in [-0.3, -0.25) is 14.4 Å². The van der Waals surface area contributed by atoms with E-state index in [1.165, 1.54) is 18.5 Å². The predicted octanol–water partition coefficient (Wildman–Crippen LogP) is -2.89. The van der Waals surface area contributed by atoms with E-state index in [9.17, 15) is 49.8 Å². The van der Waals surface area contributed by atoms with Crippen molar-refractivity contribution in [3.63, 3.8) is 0 Å². The molecule has 0 aliphatic rings. The number of carbonyl (C=O) groups excluding carboxylic acids is 1. The minimum atomic E-state index is -1.70. The number of hydrogen-bond donors (Lipinski definition) is 8. The van der Waals surface area contributed by atoms with Gasteiger partial charge in [-0.1, -0.05) is 0 Å². The minimum absolute atomic E-state index is 0.0124. The van der Waals surface area contributed by atoms with Gasteiger partial charge in [0.1, 0.15) is 49.8 Å². The molecule has 0 unspecified atom stereocenters. The molecule has 4 heterocycles. The third-order valence-electron chi connectivity index (χ3n) is 11.8. The number of aryl methyl sites for hydroxylation is 6. The number of carbonyl (C=O) groups is 2. The van der Waals surface area contributed by atoms with Gasteiger partial charge >= 0.3 is 5.97 Å². The van der Waals surface area contributed by atoms with E-state index in [-0.39, 0.29) is 55.1 Å². The Kier molecular flexibility index (Phi) is 23.2. The summed E-state index contributed by atoms with van der Waals surface area (Å²) >= 11 is 0. The molecule has 75 heavy (non-hydrogen) atoms. The lowest BCUT2D eigenvalue weighted by molar-refractivity contribution is -0.145. The van der Waals surface area contributed by atoms with Gasteiger partial charge in [-0.25, -0.2) is 24.1 Å². The highest BCUT2D eigenvalue weighted by Crippen LogP contribution is 2.22. The molecule has 28 nitrogen and oxygen atoms in total. The summed E-state index contributed by atoms with van der Waals surface area (Å²) in [5.74, 6) is -1.08. The van der Waals surface area contributed by atoms with Crippen LogP contribution < -0.4 is 16.9 Å². The van der Waals surface area contributed by atoms with Crippen LogP contribution in [0, 0.1) is 27.7 Å². The Morgan fingerprint density at radius 3 is 1.37 bits per heavy atom. The minimum Gasteiger partial charge on any atom is -0.480 e. The fraction of sp³-hybridized carbons (Fsp3) is 0.574. The van der Waals surface area contributed by atoms with E-state index >= 15 is 0 Å². The van der Waals surface area contributed by atoms with Crippen LogP contribution in [0.1, 0.15) is 35.1 Å². The first-order valence-electron chi connectivity index (χ1n) is 23.8. The molecular weight excluding hydrogens is 983 g/mol. The third kappa shape index (κ3) is 17.0. The van der Waals surface area contributed by atoms with Crippen molar-refractivity contribution in [3.8, 4) is 23.0 Å². The molecular formula is C47H71N15O13. The number of hydrogen-bond acceptors (Lipinski definition) is 23. The number of ketones is 1. The zero-order valence-electron chi connectivity index (χ0n) is 44.0. The third-order valence-corrected chi connectivity index (χ3v) is 11.8. The Labute approximate surface area is 431 Å². The van der Waals surface area contributed by atoms with Gasteiger partial charge < -0.3 is 69.9 Å². The molecule has 6 atom stereocenters. The average molecular weight is 1050 g/mol. The van der Waals surface area contributed by atoms with Crippen molar-refractivity contribution in [2.24, 2.45) is 19.8 Å². The lowest BCUT2D eigenvalue weighted by atomic mass is 10.1. The summed E-state index contributed by atoms with van der Waals surface area (Å²) in [7, 11) is 11.0. The predicted molar refractivity (Wildman–Crippen MR) is 272 cm³/mol. The van der Waals surface area contributed by atoms with Crippen molar-refractivity contribution < 1.29 is 54.8 Å². The smallest absolute Gasteiger partial charge is 0.329 e. The number of likely N-dealkylation sites (N-methyl/N-ethyl adjacent to an activating group) is 1. The topological polar surface area (TPSA) is 384 Å². The van der Waals surface area contributed by atoms with Gasteiger partial charge in [-0.05, 0) is 136 Å². The molecule has 2 aromatic carbocycles. The molecule has 28 heteroatoms. The zero-order chi connectivity index (χ0) is 55.8. The second-order valence-corrected chi connectivity index (χ2v) is 18.6. The van der Waals surface area contributed by atoms with Gasteiger partial charge in [0, 0.05) is 33.6 Å². The van der Waals surface area contributed by atoms with Gasteiger partial charge in [-0.2, -0.15) is 0 Å². The Morgan fingerprint density at radius 1 is 0.627 bits per heavy atom. The highest BCUT2D eigenvalue weighted by molar-refractivity contribution is 5.80. The van der Waals surface area contributed by atoms with Crippen molar-refractivity contribution in [1.29, 1.82) is 0 Å². The number of nitrogens with two attached hydrogens (primary N) is 1. The number of ether oxygens (including phenoxy) is 2. The SMILES string of the molecule is CN(C)CCN.Cc1cc2nc(-c3nnnn3C)c(=O)n(C[C@H](O)[C@H](O)[C@H](O)COCC(=O)CCCN(C)C)c2cc1C.Cc1cc2nc(-c3nnnn3C)c(=O)n(C[C@H](O)[C@H](O)[C@H](O)COCC(=O)O)c2cc1C. The molecule has 0 radical (unpaired) electrons. The summed E-state index contributed by atoms with van der Waals surface area (Å²) in [4.78, 5) is 62.0. The van der Waals surface area contributed by atoms with Crippen LogP contribution in [0.25, 0.3) is 45.1 Å². The normalized spacial score (nSPS) is 14.0. The van der Waals surface area contributed by atoms with Crippen molar-refractivity contribution in [2.75, 3.05) is 74.3 Å². The molecule has 0 aliphatic carbocycles. The highest BCUT2D eigenvalue weighted by atomic mass is 16.5. The maximum atomic E-state index is 13.4. The number of fused-ring (bicyclic) bond motifs is 2. The number of aliphatic carboxylic acids is 1. The molecule has 412 valence electrons. The van der Waals surface area contributed by atoms with Gasteiger partial charge in [0.15, 0.2) is 17.2 Å². The van der Waals surface area contributed by atoms with Gasteiger partial charge in [0.25, 0.3) is 11.1 Å². The van der Waals surface area contributed by atoms with E-state index in [1.807, 2.05) is 66.9 Å². The maximum absolute atomic E-state index is 13.4. The maximum Gasteiger partial charge on any atom is 0.329 e. The van der Waals surface area contributed by atoms with Crippen LogP contribution in [-0.4, -0.2) is 228 Å². The standard InChI is InChI=1S/C24H35N7O6.C19H24N6O7.C4H12N2/c1-14-9-17-18(10-15(14)2)31(24(36)21(25-17)23-26-27-28-30(23)5)11-19(33)22(35)20(34)13-37-12-16(32)7-6-8-29(3)4;1-9-4-11-12(5-10(9)2)25(19(31)16(20-11)18-21-22-23-24(18)3)6-13(26)17(30)14(27)7-32-8-15(28)29;1-6(2)4-3-5/h9-10,19-20,22,33-35H,6-8,11-13H2,1-5H3;4-5,13-14,17,26-27,30H,6-8H2,1-3H3,(H,28,29);3-5H2,1-2H3/t19-,20+,22-;13-,14+,17-;/m00./s1. The molecule has 0 amide bonds. The molecule has 0 fully saturated rings. The monoisotopic (exact) mass is 1050 g/mol. The summed E-state index contributed by atoms with van der Waals surface area (Å²) in [6.45, 7) is 7.63. The summed E-state index contributed by atoms with van der Waals surface area (Å²) < 4.78 is 15.1. The van der Waals surface area contributed by atoms with Crippen LogP contribution in [0.4, 0.5) is 0 Å². The number of carboxylic acid groups (broad SMARTS) is 1. The van der Waals surface area contributed by atoms with Crippen molar-refractivity contribution in [3.05, 3.63) is 67.2 Å². The number of nitrogens with zero attached hydrogens (tertiary/aromatic N) is 14. The first kappa shape index (κ1) is 61.1. The summed E-state index contributed by atoms with van der Waals surface area (Å²) in [5, 5.41) is 93.3. The molecule has 0 bridgehead atoms. The molecule has 0 saturated heterocycles. The van der Waals surface area contributed by atoms with Crippen LogP contribution in [-0.2, 0) is 46.2 Å². The Hall–Kier alpha value is -6.44. The van der Waals surface area contributed by atoms with E-state index in [0.717, 1.165) is 41.9 Å². The van der Waals surface area contributed by atoms with Gasteiger partial charge in [-0.15, -0.1) is 10.2 Å². The number of aliphatic hydroxyl groups is 6. The molecule has 0 spiro atoms. The fourth-order valence-electron chi connectivity index (χ4n) is 7.29. The van der Waals surface area contributed by atoms with E-state index in [2.05, 4.69) is 45.9 Å². The number of aromatic nitrogens is 12. The summed E-state index contributed by atoms with van der Waals surface area (Å²) in [6.07, 6.45) is -8.44. The Balaban J connectivity index is 0.000000295. The van der Waals surface area contributed by atoms with E-state index < -0.39 is 66.9 Å². The van der Waals surface area contributed by atoms with Crippen molar-refractivity contribution in [1.82, 2.24) is 69.3 Å². The molecule has 6 aromatic rings. The van der Waals surface area contributed by atoms with Crippen LogP contribution >= 0.6 is 0 Å². The molecule has 4 aromatic heterocycles. The van der Waals surface area contributed by atoms with E-state index in [1.54, 1.807) is 32.3 Å². The number of rotatable bonds is 24. The zero-order valence-corrected chi connectivity index (χ0v) is 44.0. The second-order valence-electron chi connectivity index (χ2n) is 18.6. The quantitative estimate of drug-likeness (QED) is 0.0302. The fourth-order valence-corrected chi connectivity index (χ4v) is 7.29. The lowest BCUT2D eigenvalue weighted by Crippen LogP contribution is -2.44. The highest BCUT2D eigenvalue weighted by Gasteiger charge is 2.30. The second kappa shape index (κ2) is 28.5. The van der Waals surface area contributed by atoms with Crippen LogP contribution in [0.15, 0.2) is 33.9 Å². The molecule has 6 rings (SSSR count). The van der Waals surface area contributed by atoms with Crippen molar-refractivity contribution in [2.45, 2.75) is 90.2 Å². The van der Waals surface area contributed by atoms with Gasteiger partial charge in [0.2, 0.25) is 11.6 Å². The van der Waals surface area contributed by atoms with E-state index in [0.29, 0.717) is 34.9 Å². The largest absolute Gasteiger partial charge is 0.480 e. The number of carboxylic acids is 1. The first-order chi connectivity index (χ1) is 35.4. The molecule has 0 saturated carbocycles. The number of benzene rings is 2.